The molecule has 18 heavy (non-hydrogen) atoms. The fraction of sp³-hybridized carbons (Fsp3) is 0.533. The zero-order chi connectivity index (χ0) is 13.4. The van der Waals surface area contributed by atoms with Crippen molar-refractivity contribution < 1.29 is 9.90 Å². The first-order chi connectivity index (χ1) is 8.69. The number of hydrogen-bond donors (Lipinski definition) is 2. The summed E-state index contributed by atoms with van der Waals surface area (Å²) in [5.74, 6) is -0.0621. The number of nitrogens with one attached hydrogen (secondary N) is 1. The average Bonchev–Trinajstić information content (AvgIpc) is 2.39. The van der Waals surface area contributed by atoms with Crippen LogP contribution in [-0.4, -0.2) is 17.2 Å². The first kappa shape index (κ1) is 14.7. The van der Waals surface area contributed by atoms with E-state index in [1.165, 1.54) is 0 Å². The lowest BCUT2D eigenvalue weighted by molar-refractivity contribution is 0.0521. The van der Waals surface area contributed by atoms with Crippen molar-refractivity contribution >= 4 is 5.91 Å². The molecule has 100 valence electrons. The predicted molar refractivity (Wildman–Crippen MR) is 73.2 cm³/mol. The topological polar surface area (TPSA) is 49.3 Å². The van der Waals surface area contributed by atoms with Crippen molar-refractivity contribution in [2.45, 2.75) is 45.8 Å². The van der Waals surface area contributed by atoms with Gasteiger partial charge in [0.1, 0.15) is 6.23 Å². The van der Waals surface area contributed by atoms with Gasteiger partial charge in [-0.1, -0.05) is 44.9 Å². The van der Waals surface area contributed by atoms with Crippen molar-refractivity contribution in [3.8, 4) is 0 Å². The molecule has 1 rings (SSSR count). The van der Waals surface area contributed by atoms with E-state index in [1.807, 2.05) is 18.2 Å². The molecule has 0 fully saturated rings. The highest BCUT2D eigenvalue weighted by Gasteiger charge is 2.19. The van der Waals surface area contributed by atoms with Gasteiger partial charge < -0.3 is 10.4 Å². The highest BCUT2D eigenvalue weighted by Crippen LogP contribution is 2.16. The average molecular weight is 249 g/mol. The van der Waals surface area contributed by atoms with Crippen LogP contribution in [0.2, 0.25) is 0 Å². The Morgan fingerprint density at radius 2 is 1.72 bits per heavy atom. The summed E-state index contributed by atoms with van der Waals surface area (Å²) in [5, 5.41) is 12.8. The first-order valence-corrected chi connectivity index (χ1v) is 6.73. The minimum absolute atomic E-state index is 0.146. The summed E-state index contributed by atoms with van der Waals surface area (Å²) in [4.78, 5) is 11.9. The van der Waals surface area contributed by atoms with E-state index in [4.69, 9.17) is 0 Å². The number of rotatable bonds is 7. The molecule has 0 bridgehead atoms. The lowest BCUT2D eigenvalue weighted by Gasteiger charge is -2.23. The highest BCUT2D eigenvalue weighted by atomic mass is 16.3. The Bertz CT molecular complexity index is 345. The van der Waals surface area contributed by atoms with Crippen LogP contribution in [0.25, 0.3) is 0 Å². The van der Waals surface area contributed by atoms with Crippen LogP contribution in [0.1, 0.15) is 49.9 Å². The van der Waals surface area contributed by atoms with Crippen LogP contribution in [0.4, 0.5) is 0 Å². The largest absolute Gasteiger partial charge is 0.373 e. The second kappa shape index (κ2) is 7.88. The lowest BCUT2D eigenvalue weighted by atomic mass is 9.96. The van der Waals surface area contributed by atoms with Crippen LogP contribution in [-0.2, 0) is 0 Å². The van der Waals surface area contributed by atoms with E-state index in [2.05, 4.69) is 19.2 Å². The fourth-order valence-electron chi connectivity index (χ4n) is 2.13. The number of amides is 1. The van der Waals surface area contributed by atoms with E-state index in [-0.39, 0.29) is 11.8 Å². The van der Waals surface area contributed by atoms with E-state index in [0.29, 0.717) is 5.56 Å². The molecular formula is C15H23NO2. The molecule has 1 aromatic carbocycles. The third kappa shape index (κ3) is 4.49. The number of aliphatic hydroxyl groups is 1. The van der Waals surface area contributed by atoms with Gasteiger partial charge >= 0.3 is 0 Å². The summed E-state index contributed by atoms with van der Waals surface area (Å²) in [6, 6.07) is 8.99. The van der Waals surface area contributed by atoms with Gasteiger partial charge in [0.15, 0.2) is 0 Å². The van der Waals surface area contributed by atoms with Crippen LogP contribution >= 0.6 is 0 Å². The summed E-state index contributed by atoms with van der Waals surface area (Å²) in [6.07, 6.45) is 3.15. The van der Waals surface area contributed by atoms with Crippen molar-refractivity contribution in [3.63, 3.8) is 0 Å². The zero-order valence-electron chi connectivity index (χ0n) is 11.2. The van der Waals surface area contributed by atoms with Crippen LogP contribution in [0.5, 0.6) is 0 Å². The third-order valence-corrected chi connectivity index (χ3v) is 3.08. The summed E-state index contributed by atoms with van der Waals surface area (Å²) in [7, 11) is 0. The number of carbonyl (C=O) groups is 1. The molecule has 0 saturated heterocycles. The van der Waals surface area contributed by atoms with Crippen LogP contribution in [0.15, 0.2) is 30.3 Å². The van der Waals surface area contributed by atoms with Gasteiger partial charge in [0.25, 0.3) is 5.91 Å². The quantitative estimate of drug-likeness (QED) is 0.730. The Labute approximate surface area is 109 Å². The van der Waals surface area contributed by atoms with Gasteiger partial charge in [-0.05, 0) is 25.0 Å². The molecule has 1 amide bonds. The van der Waals surface area contributed by atoms with Gasteiger partial charge in [0.2, 0.25) is 0 Å². The van der Waals surface area contributed by atoms with E-state index in [9.17, 15) is 9.90 Å². The Hall–Kier alpha value is -1.35. The number of aliphatic hydroxyl groups excluding tert-OH is 1. The smallest absolute Gasteiger partial charge is 0.253 e. The van der Waals surface area contributed by atoms with Crippen LogP contribution < -0.4 is 5.32 Å². The maximum absolute atomic E-state index is 11.9. The SMILES string of the molecule is CCCC(CCC)C(O)NC(=O)c1ccccc1. The van der Waals surface area contributed by atoms with E-state index < -0.39 is 6.23 Å². The Balaban J connectivity index is 2.57. The molecule has 3 heteroatoms. The van der Waals surface area contributed by atoms with Gasteiger partial charge in [-0.25, -0.2) is 0 Å². The maximum atomic E-state index is 11.9. The molecule has 1 atom stereocenters. The van der Waals surface area contributed by atoms with Crippen molar-refractivity contribution in [2.24, 2.45) is 5.92 Å². The zero-order valence-corrected chi connectivity index (χ0v) is 11.2. The standard InChI is InChI=1S/C15H23NO2/c1-3-8-12(9-4-2)14(17)16-15(18)13-10-6-5-7-11-13/h5-7,10-12,14,17H,3-4,8-9H2,1-2H3,(H,16,18). The second-order valence-corrected chi connectivity index (χ2v) is 4.62. The minimum Gasteiger partial charge on any atom is -0.373 e. The summed E-state index contributed by atoms with van der Waals surface area (Å²) in [6.45, 7) is 4.18. The summed E-state index contributed by atoms with van der Waals surface area (Å²) in [5.41, 5.74) is 0.586. The Morgan fingerprint density at radius 1 is 1.17 bits per heavy atom. The van der Waals surface area contributed by atoms with Crippen molar-refractivity contribution in [2.75, 3.05) is 0 Å². The molecule has 0 heterocycles. The van der Waals surface area contributed by atoms with Crippen molar-refractivity contribution in [3.05, 3.63) is 35.9 Å². The molecule has 0 saturated carbocycles. The van der Waals surface area contributed by atoms with Crippen LogP contribution in [0, 0.1) is 5.92 Å². The first-order valence-electron chi connectivity index (χ1n) is 6.73. The second-order valence-electron chi connectivity index (χ2n) is 4.62. The predicted octanol–water partition coefficient (Wildman–Crippen LogP) is 2.95. The third-order valence-electron chi connectivity index (χ3n) is 3.08. The van der Waals surface area contributed by atoms with E-state index in [1.54, 1.807) is 12.1 Å². The van der Waals surface area contributed by atoms with Crippen LogP contribution in [0.3, 0.4) is 0 Å². The highest BCUT2D eigenvalue weighted by molar-refractivity contribution is 5.94. The maximum Gasteiger partial charge on any atom is 0.253 e. The monoisotopic (exact) mass is 249 g/mol. The molecule has 0 radical (unpaired) electrons. The molecule has 0 spiro atoms. The summed E-state index contributed by atoms with van der Waals surface area (Å²) >= 11 is 0. The molecular weight excluding hydrogens is 226 g/mol. The molecule has 0 aliphatic carbocycles. The molecule has 1 aromatic rings. The van der Waals surface area contributed by atoms with E-state index in [0.717, 1.165) is 25.7 Å². The lowest BCUT2D eigenvalue weighted by Crippen LogP contribution is -2.40. The fourth-order valence-corrected chi connectivity index (χ4v) is 2.13. The minimum atomic E-state index is -0.752. The van der Waals surface area contributed by atoms with Gasteiger partial charge in [-0.3, -0.25) is 4.79 Å². The van der Waals surface area contributed by atoms with Gasteiger partial charge in [0, 0.05) is 11.5 Å². The number of hydrogen-bond acceptors (Lipinski definition) is 2. The molecule has 0 aliphatic rings. The molecule has 2 N–H and O–H groups in total. The summed E-state index contributed by atoms with van der Waals surface area (Å²) < 4.78 is 0. The Morgan fingerprint density at radius 3 is 2.22 bits per heavy atom. The number of carbonyl (C=O) groups excluding carboxylic acids is 1. The van der Waals surface area contributed by atoms with Gasteiger partial charge in [-0.15, -0.1) is 0 Å². The molecule has 0 aliphatic heterocycles. The van der Waals surface area contributed by atoms with E-state index >= 15 is 0 Å². The van der Waals surface area contributed by atoms with Gasteiger partial charge in [-0.2, -0.15) is 0 Å². The van der Waals surface area contributed by atoms with Gasteiger partial charge in [0.05, 0.1) is 0 Å². The Kier molecular flexibility index (Phi) is 6.44. The van der Waals surface area contributed by atoms with Crippen molar-refractivity contribution in [1.29, 1.82) is 0 Å². The molecule has 0 aromatic heterocycles. The number of benzene rings is 1. The van der Waals surface area contributed by atoms with Crippen molar-refractivity contribution in [1.82, 2.24) is 5.32 Å². The molecule has 3 nitrogen and oxygen atoms in total. The normalized spacial score (nSPS) is 12.4. The molecule has 1 unspecified atom stereocenters.